The summed E-state index contributed by atoms with van der Waals surface area (Å²) >= 11 is 0. The van der Waals surface area contributed by atoms with E-state index in [9.17, 15) is 9.59 Å². The van der Waals surface area contributed by atoms with Crippen LogP contribution >= 0.6 is 0 Å². The summed E-state index contributed by atoms with van der Waals surface area (Å²) in [4.78, 5) is 22.2. The highest BCUT2D eigenvalue weighted by atomic mass is 16.5. The van der Waals surface area contributed by atoms with Crippen LogP contribution in [0.5, 0.6) is 5.75 Å². The largest absolute Gasteiger partial charge is 0.491 e. The number of rotatable bonds is 7. The zero-order valence-corrected chi connectivity index (χ0v) is 10.8. The normalized spacial score (nSPS) is 10.0. The van der Waals surface area contributed by atoms with Gasteiger partial charge in [0.05, 0.1) is 24.4 Å². The molecule has 0 atom stereocenters. The number of carboxylic acids is 1. The van der Waals surface area contributed by atoms with Gasteiger partial charge in [0.25, 0.3) is 0 Å². The first-order valence-corrected chi connectivity index (χ1v) is 6.08. The van der Waals surface area contributed by atoms with Gasteiger partial charge in [-0.25, -0.2) is 4.79 Å². The first-order valence-electron chi connectivity index (χ1n) is 6.08. The van der Waals surface area contributed by atoms with Gasteiger partial charge < -0.3 is 20.9 Å². The molecule has 104 valence electrons. The maximum Gasteiger partial charge on any atom is 0.335 e. The number of nitrogens with one attached hydrogen (secondary N) is 1. The van der Waals surface area contributed by atoms with E-state index >= 15 is 0 Å². The Morgan fingerprint density at radius 1 is 1.42 bits per heavy atom. The van der Waals surface area contributed by atoms with Gasteiger partial charge in [0, 0.05) is 0 Å². The Hall–Kier alpha value is -2.08. The van der Waals surface area contributed by atoms with E-state index in [2.05, 4.69) is 5.32 Å². The molecule has 0 radical (unpaired) electrons. The van der Waals surface area contributed by atoms with Crippen LogP contribution in [-0.4, -0.2) is 30.1 Å². The van der Waals surface area contributed by atoms with Crippen molar-refractivity contribution in [1.82, 2.24) is 0 Å². The van der Waals surface area contributed by atoms with Crippen molar-refractivity contribution in [2.24, 2.45) is 5.73 Å². The number of carbonyl (C=O) groups excluding carboxylic acids is 1. The number of hydrogen-bond donors (Lipinski definition) is 3. The molecule has 0 fully saturated rings. The number of anilines is 1. The summed E-state index contributed by atoms with van der Waals surface area (Å²) in [5.41, 5.74) is 5.76. The number of ether oxygens (including phenoxy) is 1. The standard InChI is InChI=1S/C13H18N2O4/c1-2-3-6-19-11-7-9(13(17)18)4-5-10(11)15-12(16)8-14/h4-5,7H,2-3,6,8,14H2,1H3,(H,15,16)(H,17,18). The van der Waals surface area contributed by atoms with Gasteiger partial charge in [0.15, 0.2) is 0 Å². The van der Waals surface area contributed by atoms with Gasteiger partial charge in [-0.3, -0.25) is 4.79 Å². The second-order valence-electron chi connectivity index (χ2n) is 3.97. The number of nitrogens with two attached hydrogens (primary N) is 1. The smallest absolute Gasteiger partial charge is 0.335 e. The Balaban J connectivity index is 2.93. The van der Waals surface area contributed by atoms with Crippen LogP contribution in [0.3, 0.4) is 0 Å². The molecular weight excluding hydrogens is 248 g/mol. The quantitative estimate of drug-likeness (QED) is 0.648. The van der Waals surface area contributed by atoms with Crippen molar-refractivity contribution in [3.63, 3.8) is 0 Å². The molecule has 0 unspecified atom stereocenters. The summed E-state index contributed by atoms with van der Waals surface area (Å²) in [6, 6.07) is 4.30. The van der Waals surface area contributed by atoms with Crippen LogP contribution in [0.2, 0.25) is 0 Å². The van der Waals surface area contributed by atoms with Crippen molar-refractivity contribution >= 4 is 17.6 Å². The number of carbonyl (C=O) groups is 2. The highest BCUT2D eigenvalue weighted by Crippen LogP contribution is 2.26. The van der Waals surface area contributed by atoms with E-state index < -0.39 is 5.97 Å². The van der Waals surface area contributed by atoms with Gasteiger partial charge in [-0.2, -0.15) is 0 Å². The van der Waals surface area contributed by atoms with E-state index in [0.29, 0.717) is 18.0 Å². The van der Waals surface area contributed by atoms with Crippen molar-refractivity contribution in [2.75, 3.05) is 18.5 Å². The van der Waals surface area contributed by atoms with E-state index in [0.717, 1.165) is 12.8 Å². The van der Waals surface area contributed by atoms with Gasteiger partial charge >= 0.3 is 5.97 Å². The summed E-state index contributed by atoms with van der Waals surface area (Å²) in [6.07, 6.45) is 1.81. The van der Waals surface area contributed by atoms with Crippen molar-refractivity contribution in [2.45, 2.75) is 19.8 Å². The van der Waals surface area contributed by atoms with E-state index in [-0.39, 0.29) is 18.0 Å². The molecule has 19 heavy (non-hydrogen) atoms. The van der Waals surface area contributed by atoms with Gasteiger partial charge in [-0.15, -0.1) is 0 Å². The molecule has 4 N–H and O–H groups in total. The average Bonchev–Trinajstić information content (AvgIpc) is 2.40. The van der Waals surface area contributed by atoms with Gasteiger partial charge in [-0.05, 0) is 24.6 Å². The first kappa shape index (κ1) is 15.0. The van der Waals surface area contributed by atoms with Crippen molar-refractivity contribution in [3.8, 4) is 5.75 Å². The number of amides is 1. The summed E-state index contributed by atoms with van der Waals surface area (Å²) < 4.78 is 5.49. The zero-order chi connectivity index (χ0) is 14.3. The second-order valence-corrected chi connectivity index (χ2v) is 3.97. The summed E-state index contributed by atoms with van der Waals surface area (Å²) in [5.74, 6) is -1.06. The minimum atomic E-state index is -1.04. The highest BCUT2D eigenvalue weighted by molar-refractivity contribution is 5.95. The molecule has 0 aromatic heterocycles. The molecule has 0 saturated heterocycles. The lowest BCUT2D eigenvalue weighted by Crippen LogP contribution is -2.22. The fraction of sp³-hybridized carbons (Fsp3) is 0.385. The lowest BCUT2D eigenvalue weighted by molar-refractivity contribution is -0.114. The Kier molecular flexibility index (Phi) is 5.81. The number of hydrogen-bond acceptors (Lipinski definition) is 4. The third kappa shape index (κ3) is 4.59. The fourth-order valence-corrected chi connectivity index (χ4v) is 1.41. The molecule has 0 aliphatic carbocycles. The Bertz CT molecular complexity index is 460. The van der Waals surface area contributed by atoms with E-state index in [4.69, 9.17) is 15.6 Å². The summed E-state index contributed by atoms with van der Waals surface area (Å²) in [7, 11) is 0. The number of aromatic carboxylic acids is 1. The van der Waals surface area contributed by atoms with Crippen molar-refractivity contribution < 1.29 is 19.4 Å². The zero-order valence-electron chi connectivity index (χ0n) is 10.8. The molecule has 0 heterocycles. The number of benzene rings is 1. The fourth-order valence-electron chi connectivity index (χ4n) is 1.41. The third-order valence-electron chi connectivity index (χ3n) is 2.44. The maximum absolute atomic E-state index is 11.3. The topological polar surface area (TPSA) is 102 Å². The molecule has 0 spiro atoms. The SMILES string of the molecule is CCCCOc1cc(C(=O)O)ccc1NC(=O)CN. The molecule has 0 aliphatic rings. The molecule has 1 rings (SSSR count). The van der Waals surface area contributed by atoms with Gasteiger partial charge in [0.2, 0.25) is 5.91 Å². The Morgan fingerprint density at radius 3 is 2.74 bits per heavy atom. The van der Waals surface area contributed by atoms with Crippen molar-refractivity contribution in [1.29, 1.82) is 0 Å². The molecule has 1 amide bonds. The second kappa shape index (κ2) is 7.38. The van der Waals surface area contributed by atoms with Crippen LogP contribution in [0, 0.1) is 0 Å². The predicted molar refractivity (Wildman–Crippen MR) is 71.5 cm³/mol. The minimum Gasteiger partial charge on any atom is -0.491 e. The van der Waals surface area contributed by atoms with E-state index in [1.165, 1.54) is 18.2 Å². The van der Waals surface area contributed by atoms with E-state index in [1.54, 1.807) is 0 Å². The summed E-state index contributed by atoms with van der Waals surface area (Å²) in [5, 5.41) is 11.5. The molecule has 1 aromatic carbocycles. The molecule has 0 aliphatic heterocycles. The molecule has 6 heteroatoms. The van der Waals surface area contributed by atoms with Crippen LogP contribution in [0.25, 0.3) is 0 Å². The van der Waals surface area contributed by atoms with E-state index in [1.807, 2.05) is 6.92 Å². The summed E-state index contributed by atoms with van der Waals surface area (Å²) in [6.45, 7) is 2.34. The van der Waals surface area contributed by atoms with Gasteiger partial charge in [-0.1, -0.05) is 13.3 Å². The maximum atomic E-state index is 11.3. The lowest BCUT2D eigenvalue weighted by Gasteiger charge is -2.12. The van der Waals surface area contributed by atoms with Gasteiger partial charge in [0.1, 0.15) is 5.75 Å². The first-order chi connectivity index (χ1) is 9.08. The monoisotopic (exact) mass is 266 g/mol. The molecule has 6 nitrogen and oxygen atoms in total. The Morgan fingerprint density at radius 2 is 2.16 bits per heavy atom. The third-order valence-corrected chi connectivity index (χ3v) is 2.44. The van der Waals surface area contributed by atoms with Crippen LogP contribution in [0.15, 0.2) is 18.2 Å². The predicted octanol–water partition coefficient (Wildman–Crippen LogP) is 1.46. The van der Waals surface area contributed by atoms with Crippen LogP contribution in [-0.2, 0) is 4.79 Å². The molecule has 0 bridgehead atoms. The van der Waals surface area contributed by atoms with Crippen LogP contribution in [0.4, 0.5) is 5.69 Å². The van der Waals surface area contributed by atoms with Crippen LogP contribution < -0.4 is 15.8 Å². The number of carboxylic acid groups (broad SMARTS) is 1. The highest BCUT2D eigenvalue weighted by Gasteiger charge is 2.11. The molecule has 1 aromatic rings. The molecular formula is C13H18N2O4. The average molecular weight is 266 g/mol. The number of unbranched alkanes of at least 4 members (excludes halogenated alkanes) is 1. The Labute approximate surface area is 111 Å². The van der Waals surface area contributed by atoms with Crippen molar-refractivity contribution in [3.05, 3.63) is 23.8 Å². The minimum absolute atomic E-state index is 0.109. The molecule has 0 saturated carbocycles. The lowest BCUT2D eigenvalue weighted by atomic mass is 10.2. The van der Waals surface area contributed by atoms with Crippen LogP contribution in [0.1, 0.15) is 30.1 Å².